The van der Waals surface area contributed by atoms with Gasteiger partial charge >= 0.3 is 5.97 Å². The van der Waals surface area contributed by atoms with Crippen molar-refractivity contribution in [2.45, 2.75) is 91.9 Å². The van der Waals surface area contributed by atoms with Gasteiger partial charge in [-0.05, 0) is 104 Å². The number of carbonyl (C=O) groups is 1. The number of morpholine rings is 1. The summed E-state index contributed by atoms with van der Waals surface area (Å²) in [4.78, 5) is 53.2. The summed E-state index contributed by atoms with van der Waals surface area (Å²) in [5.74, 6) is 3.92. The minimum Gasteiger partial charge on any atom is -0.469 e. The number of rotatable bonds is 14. The summed E-state index contributed by atoms with van der Waals surface area (Å²) >= 11 is 0. The van der Waals surface area contributed by atoms with E-state index >= 15 is 0 Å². The van der Waals surface area contributed by atoms with Crippen molar-refractivity contribution in [3.05, 3.63) is 138 Å². The summed E-state index contributed by atoms with van der Waals surface area (Å²) in [6.07, 6.45) is 15.3. The molecular formula is C61H93N19O3. The number of nitrogens with zero attached hydrogens (tertiary/aromatic N) is 14. The van der Waals surface area contributed by atoms with Crippen molar-refractivity contribution in [1.82, 2.24) is 68.8 Å². The van der Waals surface area contributed by atoms with Crippen molar-refractivity contribution in [3.8, 4) is 0 Å². The number of nitrogen functional groups attached to an aromatic ring is 5. The Morgan fingerprint density at radius 3 is 1.41 bits per heavy atom. The van der Waals surface area contributed by atoms with Crippen LogP contribution in [0.5, 0.6) is 0 Å². The Hall–Kier alpha value is -6.89. The standard InChI is InChI=1S/C13H22N4.C12H15N5.C12H20N4.C12H17N3O2.C12H19N3O/c1-2-5-16-6-8-17(9-7-16)11-12-3-4-13(14)15-10-12;13-11-2-1-10(7-15-11)8-16-5-6-17-4-3-14-12(17)9-16;1-2-15-5-7-16(8-6-15)10-11-3-4-12(13)14-9-11;1-17-12(16)10-4-5-15(8-10)7-9-2-3-11(13)14-6-9;1-12(2)9-16-6-5-15(12)8-10-3-4-11(13)14-7-10/h3-4,10H,2,5-9,11H2,1H3,(H2,14,15);1-4,7H,5-6,8-9H2,(H2,13,15);3-4,9H,2,5-8,10H2,1H3,(H2,13,14);2-3,6,10H,4-5,7-8H2,1H3,(H2,13,14);3-4,7H,5-6,8-9H2,1-2H3,(H2,13,14). The van der Waals surface area contributed by atoms with E-state index in [-0.39, 0.29) is 17.4 Å². The SMILES string of the molecule is CC1(C)COCCN1Cc1ccc(N)nc1.CCCN1CCN(Cc2ccc(N)nc2)CC1.CCN1CCN(Cc2ccc(N)nc2)CC1.COC(=O)C1CCN(Cc2ccc(N)nc2)C1.Nc1ccc(CN2CCn3ccnc3C2)cn1. The van der Waals surface area contributed by atoms with Crippen LogP contribution in [0.1, 0.15) is 74.2 Å². The number of methoxy groups -OCH3 is 1. The van der Waals surface area contributed by atoms with Crippen LogP contribution in [-0.4, -0.2) is 192 Å². The number of imidazole rings is 1. The number of fused-ring (bicyclic) bond motifs is 1. The Morgan fingerprint density at radius 1 is 0.542 bits per heavy atom. The number of carbonyl (C=O) groups excluding carboxylic acids is 1. The summed E-state index contributed by atoms with van der Waals surface area (Å²) in [5, 5.41) is 0. The summed E-state index contributed by atoms with van der Waals surface area (Å²) < 4.78 is 12.5. The van der Waals surface area contributed by atoms with Crippen molar-refractivity contribution >= 4 is 35.1 Å². The van der Waals surface area contributed by atoms with Crippen molar-refractivity contribution in [3.63, 3.8) is 0 Å². The normalized spacial score (nSPS) is 18.8. The van der Waals surface area contributed by atoms with E-state index in [9.17, 15) is 4.79 Å². The van der Waals surface area contributed by atoms with Crippen LogP contribution in [0.25, 0.3) is 0 Å². The van der Waals surface area contributed by atoms with E-state index in [0.29, 0.717) is 29.1 Å². The molecule has 450 valence electrons. The van der Waals surface area contributed by atoms with Gasteiger partial charge in [-0.15, -0.1) is 0 Å². The zero-order valence-corrected chi connectivity index (χ0v) is 49.9. The van der Waals surface area contributed by atoms with Crippen LogP contribution in [0.4, 0.5) is 29.1 Å². The minimum atomic E-state index is -0.108. The molecule has 22 nitrogen and oxygen atoms in total. The van der Waals surface area contributed by atoms with Gasteiger partial charge < -0.3 is 52.5 Å². The zero-order valence-electron chi connectivity index (χ0n) is 49.9. The van der Waals surface area contributed by atoms with Crippen LogP contribution in [-0.2, 0) is 60.1 Å². The number of likely N-dealkylation sites (N-methyl/N-ethyl adjacent to an activating group) is 1. The van der Waals surface area contributed by atoms with Crippen LogP contribution in [0.3, 0.4) is 0 Å². The highest BCUT2D eigenvalue weighted by Gasteiger charge is 2.31. The lowest BCUT2D eigenvalue weighted by Crippen LogP contribution is -2.52. The molecule has 0 amide bonds. The number of pyridine rings is 5. The molecule has 5 aliphatic heterocycles. The zero-order chi connectivity index (χ0) is 59.0. The predicted octanol–water partition coefficient (Wildman–Crippen LogP) is 4.80. The van der Waals surface area contributed by atoms with E-state index in [1.807, 2.05) is 79.6 Å². The van der Waals surface area contributed by atoms with Crippen LogP contribution < -0.4 is 28.7 Å². The molecule has 0 saturated carbocycles. The molecule has 1 atom stereocenters. The molecule has 6 aromatic heterocycles. The average molecular weight is 1140 g/mol. The number of piperazine rings is 2. The maximum absolute atomic E-state index is 11.4. The maximum atomic E-state index is 11.4. The second-order valence-electron chi connectivity index (χ2n) is 22.6. The third kappa shape index (κ3) is 21.7. The molecule has 0 aliphatic carbocycles. The molecule has 0 aromatic carbocycles. The molecule has 22 heteroatoms. The minimum absolute atomic E-state index is 0.0155. The van der Waals surface area contributed by atoms with Gasteiger partial charge in [-0.25, -0.2) is 29.9 Å². The number of nitrogens with two attached hydrogens (primary N) is 5. The van der Waals surface area contributed by atoms with Crippen molar-refractivity contribution in [2.75, 3.05) is 141 Å². The third-order valence-electron chi connectivity index (χ3n) is 15.6. The molecule has 0 bridgehead atoms. The predicted molar refractivity (Wildman–Crippen MR) is 330 cm³/mol. The van der Waals surface area contributed by atoms with Crippen LogP contribution in [0.15, 0.2) is 104 Å². The highest BCUT2D eigenvalue weighted by Crippen LogP contribution is 2.23. The molecule has 4 saturated heterocycles. The van der Waals surface area contributed by atoms with E-state index in [2.05, 4.69) is 109 Å². The van der Waals surface area contributed by atoms with E-state index in [1.54, 1.807) is 12.3 Å². The molecular weight excluding hydrogens is 1050 g/mol. The smallest absolute Gasteiger partial charge is 0.310 e. The lowest BCUT2D eigenvalue weighted by atomic mass is 10.0. The van der Waals surface area contributed by atoms with Crippen molar-refractivity contribution in [1.29, 1.82) is 0 Å². The molecule has 1 unspecified atom stereocenters. The topological polar surface area (TPSA) is 271 Å². The number of anilines is 5. The average Bonchev–Trinajstić information content (AvgIpc) is 4.19. The van der Waals surface area contributed by atoms with Crippen LogP contribution in [0.2, 0.25) is 0 Å². The maximum Gasteiger partial charge on any atom is 0.310 e. The fourth-order valence-electron chi connectivity index (χ4n) is 10.5. The van der Waals surface area contributed by atoms with E-state index in [0.717, 1.165) is 136 Å². The van der Waals surface area contributed by atoms with Gasteiger partial charge in [-0.2, -0.15) is 0 Å². The van der Waals surface area contributed by atoms with Gasteiger partial charge in [-0.3, -0.25) is 29.3 Å². The Morgan fingerprint density at radius 2 is 0.976 bits per heavy atom. The van der Waals surface area contributed by atoms with Crippen LogP contribution in [0, 0.1) is 5.92 Å². The molecule has 11 rings (SSSR count). The van der Waals surface area contributed by atoms with E-state index in [4.69, 9.17) is 38.1 Å². The van der Waals surface area contributed by atoms with Gasteiger partial charge in [0.15, 0.2) is 0 Å². The Kier molecular flexibility index (Phi) is 25.2. The first-order valence-corrected chi connectivity index (χ1v) is 29.4. The van der Waals surface area contributed by atoms with Gasteiger partial charge in [0.05, 0.1) is 32.8 Å². The first-order chi connectivity index (χ1) is 40.1. The summed E-state index contributed by atoms with van der Waals surface area (Å²) in [5.41, 5.74) is 33.9. The monoisotopic (exact) mass is 1140 g/mol. The number of esters is 1. The number of ether oxygens (including phenoxy) is 2. The molecule has 6 aromatic rings. The molecule has 83 heavy (non-hydrogen) atoms. The highest BCUT2D eigenvalue weighted by atomic mass is 16.5. The number of likely N-dealkylation sites (tertiary alicyclic amines) is 1. The number of hydrogen-bond acceptors (Lipinski definition) is 21. The Bertz CT molecular complexity index is 2770. The fourth-order valence-corrected chi connectivity index (χ4v) is 10.5. The molecule has 0 radical (unpaired) electrons. The van der Waals surface area contributed by atoms with Crippen molar-refractivity contribution < 1.29 is 14.3 Å². The van der Waals surface area contributed by atoms with Crippen LogP contribution >= 0.6 is 0 Å². The molecule has 5 aliphatic rings. The largest absolute Gasteiger partial charge is 0.469 e. The summed E-state index contributed by atoms with van der Waals surface area (Å²) in [7, 11) is 1.44. The second kappa shape index (κ2) is 32.8. The van der Waals surface area contributed by atoms with Gasteiger partial charge in [0.1, 0.15) is 34.9 Å². The molecule has 10 N–H and O–H groups in total. The molecule has 11 heterocycles. The molecule has 4 fully saturated rings. The lowest BCUT2D eigenvalue weighted by molar-refractivity contribution is -0.144. The number of aromatic nitrogens is 7. The first-order valence-electron chi connectivity index (χ1n) is 29.4. The van der Waals surface area contributed by atoms with Gasteiger partial charge in [-0.1, -0.05) is 44.2 Å². The Balaban J connectivity index is 0.000000149. The van der Waals surface area contributed by atoms with Crippen molar-refractivity contribution in [2.24, 2.45) is 5.92 Å². The third-order valence-corrected chi connectivity index (χ3v) is 15.6. The lowest BCUT2D eigenvalue weighted by Gasteiger charge is -2.42. The van der Waals surface area contributed by atoms with Gasteiger partial charge in [0.25, 0.3) is 0 Å². The van der Waals surface area contributed by atoms with Gasteiger partial charge in [0, 0.05) is 160 Å². The quantitative estimate of drug-likeness (QED) is 0.0917. The van der Waals surface area contributed by atoms with E-state index < -0.39 is 0 Å². The summed E-state index contributed by atoms with van der Waals surface area (Å²) in [6.45, 7) is 32.4. The first kappa shape index (κ1) is 63.7. The Labute approximate surface area is 492 Å². The fraction of sp³-hybridized carbons (Fsp3) is 0.525. The summed E-state index contributed by atoms with van der Waals surface area (Å²) in [6, 6.07) is 19.4. The second-order valence-corrected chi connectivity index (χ2v) is 22.6. The van der Waals surface area contributed by atoms with E-state index in [1.165, 1.54) is 68.5 Å². The van der Waals surface area contributed by atoms with Gasteiger partial charge in [0.2, 0.25) is 0 Å². The number of hydrogen-bond donors (Lipinski definition) is 5. The highest BCUT2D eigenvalue weighted by molar-refractivity contribution is 5.72. The molecule has 0 spiro atoms.